The maximum Gasteiger partial charge on any atom is 0.0107 e. The Balaban J connectivity index is 1.71. The first-order chi connectivity index (χ1) is 7.29. The third-order valence-corrected chi connectivity index (χ3v) is 3.94. The highest BCUT2D eigenvalue weighted by molar-refractivity contribution is 4.85. The molecule has 2 aliphatic carbocycles. The second-order valence-electron chi connectivity index (χ2n) is 5.52. The lowest BCUT2D eigenvalue weighted by Gasteiger charge is -2.26. The molecule has 88 valence electrons. The van der Waals surface area contributed by atoms with Crippen molar-refractivity contribution in [3.63, 3.8) is 0 Å². The average molecular weight is 210 g/mol. The summed E-state index contributed by atoms with van der Waals surface area (Å²) in [5.41, 5.74) is 0. The van der Waals surface area contributed by atoms with E-state index in [1.54, 1.807) is 0 Å². The molecule has 0 bridgehead atoms. The summed E-state index contributed by atoms with van der Waals surface area (Å²) in [5.74, 6) is 1.95. The molecule has 2 saturated carbocycles. The number of nitrogens with one attached hydrogen (secondary N) is 1. The number of hydrogen-bond donors (Lipinski definition) is 1. The van der Waals surface area contributed by atoms with Crippen molar-refractivity contribution in [2.24, 2.45) is 11.8 Å². The third kappa shape index (κ3) is 3.46. The lowest BCUT2D eigenvalue weighted by molar-refractivity contribution is 0.245. The van der Waals surface area contributed by atoms with Crippen molar-refractivity contribution in [3.05, 3.63) is 0 Å². The van der Waals surface area contributed by atoms with Gasteiger partial charge in [0, 0.05) is 19.1 Å². The Hall–Kier alpha value is -0.0800. The molecule has 2 heteroatoms. The highest BCUT2D eigenvalue weighted by Crippen LogP contribution is 2.31. The van der Waals surface area contributed by atoms with Crippen LogP contribution in [0.1, 0.15) is 39.0 Å². The van der Waals surface area contributed by atoms with E-state index in [0.717, 1.165) is 24.4 Å². The van der Waals surface area contributed by atoms with Crippen molar-refractivity contribution in [1.29, 1.82) is 0 Å². The molecule has 1 N–H and O–H groups in total. The zero-order valence-electron chi connectivity index (χ0n) is 10.3. The molecular weight excluding hydrogens is 184 g/mol. The summed E-state index contributed by atoms with van der Waals surface area (Å²) in [6, 6.07) is 0.802. The highest BCUT2D eigenvalue weighted by atomic mass is 15.1. The maximum atomic E-state index is 3.64. The minimum Gasteiger partial charge on any atom is -0.314 e. The minimum atomic E-state index is 0.802. The first-order valence-corrected chi connectivity index (χ1v) is 6.71. The zero-order valence-corrected chi connectivity index (χ0v) is 10.3. The molecule has 2 aliphatic rings. The van der Waals surface area contributed by atoms with Crippen LogP contribution in [-0.4, -0.2) is 37.6 Å². The fourth-order valence-electron chi connectivity index (χ4n) is 3.00. The highest BCUT2D eigenvalue weighted by Gasteiger charge is 2.29. The zero-order chi connectivity index (χ0) is 10.7. The van der Waals surface area contributed by atoms with Gasteiger partial charge in [0.15, 0.2) is 0 Å². The van der Waals surface area contributed by atoms with Crippen molar-refractivity contribution in [2.45, 2.75) is 45.1 Å². The molecule has 0 aromatic carbocycles. The van der Waals surface area contributed by atoms with Gasteiger partial charge in [0.2, 0.25) is 0 Å². The summed E-state index contributed by atoms with van der Waals surface area (Å²) in [6.07, 6.45) is 7.22. The molecule has 2 fully saturated rings. The summed E-state index contributed by atoms with van der Waals surface area (Å²) < 4.78 is 0. The molecule has 2 nitrogen and oxygen atoms in total. The second-order valence-corrected chi connectivity index (χ2v) is 5.52. The van der Waals surface area contributed by atoms with E-state index < -0.39 is 0 Å². The smallest absolute Gasteiger partial charge is 0.0107 e. The van der Waals surface area contributed by atoms with Crippen LogP contribution in [0.4, 0.5) is 0 Å². The standard InChI is InChI=1S/C13H26N2/c1-3-14-13-6-4-5-12(13)10-15(2)9-11-7-8-11/h11-14H,3-10H2,1-2H3. The van der Waals surface area contributed by atoms with Crippen molar-refractivity contribution >= 4 is 0 Å². The fourth-order valence-corrected chi connectivity index (χ4v) is 3.00. The SMILES string of the molecule is CCNC1CCCC1CN(C)CC1CC1. The quantitative estimate of drug-likeness (QED) is 0.722. The van der Waals surface area contributed by atoms with Crippen LogP contribution in [-0.2, 0) is 0 Å². The summed E-state index contributed by atoms with van der Waals surface area (Å²) in [5, 5.41) is 3.64. The van der Waals surface area contributed by atoms with E-state index >= 15 is 0 Å². The van der Waals surface area contributed by atoms with Crippen LogP contribution >= 0.6 is 0 Å². The summed E-state index contributed by atoms with van der Waals surface area (Å²) >= 11 is 0. The van der Waals surface area contributed by atoms with Crippen molar-refractivity contribution < 1.29 is 0 Å². The van der Waals surface area contributed by atoms with Crippen LogP contribution < -0.4 is 5.32 Å². The van der Waals surface area contributed by atoms with Crippen LogP contribution in [0.2, 0.25) is 0 Å². The van der Waals surface area contributed by atoms with Gasteiger partial charge in [-0.2, -0.15) is 0 Å². The van der Waals surface area contributed by atoms with Crippen molar-refractivity contribution in [2.75, 3.05) is 26.7 Å². The van der Waals surface area contributed by atoms with Crippen molar-refractivity contribution in [1.82, 2.24) is 10.2 Å². The Morgan fingerprint density at radius 1 is 1.13 bits per heavy atom. The van der Waals surface area contributed by atoms with E-state index in [-0.39, 0.29) is 0 Å². The van der Waals surface area contributed by atoms with Gasteiger partial charge < -0.3 is 10.2 Å². The third-order valence-electron chi connectivity index (χ3n) is 3.94. The summed E-state index contributed by atoms with van der Waals surface area (Å²) in [4.78, 5) is 2.57. The van der Waals surface area contributed by atoms with Crippen molar-refractivity contribution in [3.8, 4) is 0 Å². The van der Waals surface area contributed by atoms with Crippen LogP contribution in [0.25, 0.3) is 0 Å². The molecule has 0 aliphatic heterocycles. The first kappa shape index (κ1) is 11.4. The van der Waals surface area contributed by atoms with Gasteiger partial charge in [0.25, 0.3) is 0 Å². The largest absolute Gasteiger partial charge is 0.314 e. The fraction of sp³-hybridized carbons (Fsp3) is 1.00. The average Bonchev–Trinajstić information content (AvgIpc) is 2.90. The van der Waals surface area contributed by atoms with Gasteiger partial charge in [-0.05, 0) is 51.1 Å². The monoisotopic (exact) mass is 210 g/mol. The van der Waals surface area contributed by atoms with Gasteiger partial charge in [-0.15, -0.1) is 0 Å². The molecule has 0 spiro atoms. The van der Waals surface area contributed by atoms with E-state index in [4.69, 9.17) is 0 Å². The normalized spacial score (nSPS) is 31.4. The molecule has 0 aromatic heterocycles. The van der Waals surface area contributed by atoms with E-state index in [9.17, 15) is 0 Å². The van der Waals surface area contributed by atoms with Gasteiger partial charge in [-0.1, -0.05) is 13.3 Å². The summed E-state index contributed by atoms with van der Waals surface area (Å²) in [6.45, 7) is 6.01. The molecule has 0 amide bonds. The van der Waals surface area contributed by atoms with Gasteiger partial charge in [-0.3, -0.25) is 0 Å². The van der Waals surface area contributed by atoms with E-state index in [1.807, 2.05) is 0 Å². The Morgan fingerprint density at radius 3 is 2.60 bits per heavy atom. The molecule has 2 unspecified atom stereocenters. The van der Waals surface area contributed by atoms with E-state index in [0.29, 0.717) is 0 Å². The molecule has 0 heterocycles. The molecular formula is C13H26N2. The lowest BCUT2D eigenvalue weighted by Crippen LogP contribution is -2.38. The molecule has 15 heavy (non-hydrogen) atoms. The number of nitrogens with zero attached hydrogens (tertiary/aromatic N) is 1. The summed E-state index contributed by atoms with van der Waals surface area (Å²) in [7, 11) is 2.31. The van der Waals surface area contributed by atoms with Gasteiger partial charge >= 0.3 is 0 Å². The maximum absolute atomic E-state index is 3.64. The molecule has 2 atom stereocenters. The van der Waals surface area contributed by atoms with E-state index in [1.165, 1.54) is 45.2 Å². The number of hydrogen-bond acceptors (Lipinski definition) is 2. The second kappa shape index (κ2) is 5.31. The molecule has 2 rings (SSSR count). The predicted molar refractivity (Wildman–Crippen MR) is 65.0 cm³/mol. The minimum absolute atomic E-state index is 0.802. The Labute approximate surface area is 94.4 Å². The Bertz CT molecular complexity index is 189. The Morgan fingerprint density at radius 2 is 1.93 bits per heavy atom. The first-order valence-electron chi connectivity index (χ1n) is 6.71. The topological polar surface area (TPSA) is 15.3 Å². The van der Waals surface area contributed by atoms with Crippen LogP contribution in [0, 0.1) is 11.8 Å². The number of rotatable bonds is 6. The van der Waals surface area contributed by atoms with Gasteiger partial charge in [0.05, 0.1) is 0 Å². The van der Waals surface area contributed by atoms with Gasteiger partial charge in [0.1, 0.15) is 0 Å². The Kier molecular flexibility index (Phi) is 4.04. The molecule has 0 saturated heterocycles. The van der Waals surface area contributed by atoms with Gasteiger partial charge in [-0.25, -0.2) is 0 Å². The predicted octanol–water partition coefficient (Wildman–Crippen LogP) is 2.11. The van der Waals surface area contributed by atoms with Crippen LogP contribution in [0.15, 0.2) is 0 Å². The van der Waals surface area contributed by atoms with Crippen LogP contribution in [0.3, 0.4) is 0 Å². The van der Waals surface area contributed by atoms with E-state index in [2.05, 4.69) is 24.2 Å². The van der Waals surface area contributed by atoms with Crippen LogP contribution in [0.5, 0.6) is 0 Å². The molecule has 0 radical (unpaired) electrons. The lowest BCUT2D eigenvalue weighted by atomic mass is 10.0. The molecule has 0 aromatic rings.